The molecule has 2 aliphatic rings. The molecule has 2 heterocycles. The third-order valence-corrected chi connectivity index (χ3v) is 9.91. The molecule has 0 spiro atoms. The van der Waals surface area contributed by atoms with Gasteiger partial charge in [0.05, 0.1) is 55.3 Å². The van der Waals surface area contributed by atoms with Crippen molar-refractivity contribution in [1.82, 2.24) is 0 Å². The molecule has 1 fully saturated rings. The molecule has 9 N–H and O–H groups in total. The molecule has 306 valence electrons. The van der Waals surface area contributed by atoms with Gasteiger partial charge in [-0.05, 0) is 51.9 Å². The fraction of sp³-hybridized carbons (Fsp3) is 0.659. The van der Waals surface area contributed by atoms with Crippen LogP contribution in [0.4, 0.5) is 0 Å². The van der Waals surface area contributed by atoms with E-state index in [0.29, 0.717) is 6.42 Å². The van der Waals surface area contributed by atoms with Crippen LogP contribution in [0.2, 0.25) is 0 Å². The molecule has 13 heteroatoms. The van der Waals surface area contributed by atoms with Gasteiger partial charge in [0.25, 0.3) is 0 Å². The number of aliphatic carboxylic acids is 1. The number of carbonyl (C=O) groups is 2. The molecule has 0 radical (unpaired) electrons. The van der Waals surface area contributed by atoms with E-state index < -0.39 is 91.4 Å². The Hall–Kier alpha value is -2.98. The van der Waals surface area contributed by atoms with Gasteiger partial charge in [-0.3, -0.25) is 9.59 Å². The average molecular weight is 765 g/mol. The number of esters is 1. The fourth-order valence-electron chi connectivity index (χ4n) is 6.71. The summed E-state index contributed by atoms with van der Waals surface area (Å²) in [5.41, 5.74) is 0. The number of aliphatic hydroxyl groups is 8. The number of allylic oxidation sites excluding steroid dienone is 10. The Morgan fingerprint density at radius 3 is 1.91 bits per heavy atom. The summed E-state index contributed by atoms with van der Waals surface area (Å²) in [6, 6.07) is 0. The van der Waals surface area contributed by atoms with Crippen LogP contribution in [0.5, 0.6) is 0 Å². The second kappa shape index (κ2) is 24.5. The highest BCUT2D eigenvalue weighted by atomic mass is 16.6. The smallest absolute Gasteiger partial charge is 0.311 e. The SMILES string of the molecule is CC1C=CC=CCCC=CC=CC=CC=CC(O)CC2OC(O)(CC(O)CC(O)CCCC(O)CC(O)CC(=O)OC(C)C(C)C1O)CC(O)C2C(=O)O. The molecule has 0 saturated carbocycles. The molecule has 2 rings (SSSR count). The first kappa shape index (κ1) is 47.2. The van der Waals surface area contributed by atoms with Crippen molar-refractivity contribution in [2.75, 3.05) is 0 Å². The Morgan fingerprint density at radius 2 is 1.28 bits per heavy atom. The molecule has 0 amide bonds. The fourth-order valence-corrected chi connectivity index (χ4v) is 6.71. The highest BCUT2D eigenvalue weighted by Crippen LogP contribution is 2.37. The maximum Gasteiger partial charge on any atom is 0.311 e. The van der Waals surface area contributed by atoms with Crippen molar-refractivity contribution in [2.24, 2.45) is 17.8 Å². The highest BCUT2D eigenvalue weighted by molar-refractivity contribution is 5.71. The largest absolute Gasteiger partial charge is 0.481 e. The van der Waals surface area contributed by atoms with Gasteiger partial charge in [0.1, 0.15) is 12.0 Å². The van der Waals surface area contributed by atoms with Crippen LogP contribution in [-0.4, -0.2) is 119 Å². The summed E-state index contributed by atoms with van der Waals surface area (Å²) >= 11 is 0. The zero-order valence-electron chi connectivity index (χ0n) is 31.8. The predicted octanol–water partition coefficient (Wildman–Crippen LogP) is 3.15. The van der Waals surface area contributed by atoms with E-state index in [9.17, 15) is 55.5 Å². The molecule has 0 aromatic rings. The highest BCUT2D eigenvalue weighted by Gasteiger charge is 2.49. The first-order valence-corrected chi connectivity index (χ1v) is 19.1. The number of aliphatic hydroxyl groups excluding tert-OH is 7. The van der Waals surface area contributed by atoms with E-state index in [-0.39, 0.29) is 50.4 Å². The van der Waals surface area contributed by atoms with Crippen LogP contribution < -0.4 is 0 Å². The van der Waals surface area contributed by atoms with Crippen LogP contribution in [0.25, 0.3) is 0 Å². The van der Waals surface area contributed by atoms with Crippen molar-refractivity contribution in [2.45, 2.75) is 152 Å². The molecule has 13 atom stereocenters. The Kier molecular flexibility index (Phi) is 21.4. The van der Waals surface area contributed by atoms with Crippen molar-refractivity contribution < 1.29 is 65.0 Å². The summed E-state index contributed by atoms with van der Waals surface area (Å²) in [6.45, 7) is 5.34. The van der Waals surface area contributed by atoms with Gasteiger partial charge in [-0.15, -0.1) is 0 Å². The van der Waals surface area contributed by atoms with Crippen LogP contribution in [-0.2, 0) is 19.1 Å². The number of cyclic esters (lactones) is 1. The van der Waals surface area contributed by atoms with Gasteiger partial charge in [0.2, 0.25) is 0 Å². The molecule has 0 aromatic carbocycles. The van der Waals surface area contributed by atoms with Crippen molar-refractivity contribution in [3.05, 3.63) is 72.9 Å². The second-order valence-electron chi connectivity index (χ2n) is 14.8. The van der Waals surface area contributed by atoms with E-state index in [0.717, 1.165) is 12.8 Å². The number of rotatable bonds is 1. The monoisotopic (exact) mass is 764 g/mol. The minimum atomic E-state index is -2.12. The van der Waals surface area contributed by atoms with Gasteiger partial charge in [0, 0.05) is 31.1 Å². The van der Waals surface area contributed by atoms with E-state index in [1.807, 2.05) is 49.5 Å². The predicted molar refractivity (Wildman–Crippen MR) is 203 cm³/mol. The molecular weight excluding hydrogens is 700 g/mol. The number of fused-ring (bicyclic) bond motifs is 2. The second-order valence-corrected chi connectivity index (χ2v) is 14.8. The average Bonchev–Trinajstić information content (AvgIpc) is 3.06. The van der Waals surface area contributed by atoms with Crippen LogP contribution in [0.15, 0.2) is 72.9 Å². The van der Waals surface area contributed by atoms with E-state index in [4.69, 9.17) is 9.47 Å². The number of carboxylic acid groups (broad SMARTS) is 1. The topological polar surface area (TPSA) is 235 Å². The van der Waals surface area contributed by atoms with Crippen molar-refractivity contribution >= 4 is 11.9 Å². The quantitative estimate of drug-likeness (QED) is 0.175. The minimum absolute atomic E-state index is 0.102. The van der Waals surface area contributed by atoms with Crippen LogP contribution >= 0.6 is 0 Å². The lowest BCUT2D eigenvalue weighted by molar-refractivity contribution is -0.300. The van der Waals surface area contributed by atoms with Crippen molar-refractivity contribution in [1.29, 1.82) is 0 Å². The van der Waals surface area contributed by atoms with E-state index in [1.54, 1.807) is 38.2 Å². The van der Waals surface area contributed by atoms with Crippen LogP contribution in [0, 0.1) is 17.8 Å². The van der Waals surface area contributed by atoms with Gasteiger partial charge in [-0.25, -0.2) is 0 Å². The van der Waals surface area contributed by atoms with Gasteiger partial charge in [-0.1, -0.05) is 86.8 Å². The van der Waals surface area contributed by atoms with Gasteiger partial charge >= 0.3 is 11.9 Å². The zero-order valence-corrected chi connectivity index (χ0v) is 31.8. The minimum Gasteiger partial charge on any atom is -0.481 e. The summed E-state index contributed by atoms with van der Waals surface area (Å²) in [5.74, 6) is -6.17. The van der Waals surface area contributed by atoms with E-state index in [1.165, 1.54) is 6.08 Å². The molecule has 1 saturated heterocycles. The van der Waals surface area contributed by atoms with Gasteiger partial charge in [0.15, 0.2) is 5.79 Å². The summed E-state index contributed by atoms with van der Waals surface area (Å²) < 4.78 is 11.2. The normalized spacial score (nSPS) is 38.5. The molecule has 54 heavy (non-hydrogen) atoms. The summed E-state index contributed by atoms with van der Waals surface area (Å²) in [6.07, 6.45) is 12.2. The Balaban J connectivity index is 2.12. The molecule has 13 unspecified atom stereocenters. The summed E-state index contributed by atoms with van der Waals surface area (Å²) in [5, 5.41) is 95.0. The van der Waals surface area contributed by atoms with Crippen molar-refractivity contribution in [3.8, 4) is 0 Å². The van der Waals surface area contributed by atoms with E-state index >= 15 is 0 Å². The molecule has 0 aliphatic carbocycles. The first-order chi connectivity index (χ1) is 25.5. The van der Waals surface area contributed by atoms with Crippen LogP contribution in [0.1, 0.15) is 91.4 Å². The number of carboxylic acids is 1. The molecule has 2 bridgehead atoms. The van der Waals surface area contributed by atoms with Crippen molar-refractivity contribution in [3.63, 3.8) is 0 Å². The Labute approximate surface area is 319 Å². The standard InChI is InChI=1S/C41H64O13/c1-27-17-14-12-10-8-6-4-5-7-9-11-13-15-18-32(44)23-36-38(40(50)51)35(47)26-41(52,54-36)25-34(46)22-31(43)20-16-19-30(42)21-33(45)24-37(48)53-29(3)28(2)39(27)49/h4-5,7,9-15,17-18,27-36,38-39,42-47,49,52H,6,8,16,19-26H2,1-3H3,(H,50,51). The van der Waals surface area contributed by atoms with Gasteiger partial charge < -0.3 is 55.4 Å². The van der Waals surface area contributed by atoms with Crippen LogP contribution in [0.3, 0.4) is 0 Å². The Bertz CT molecular complexity index is 1290. The number of hydrogen-bond acceptors (Lipinski definition) is 12. The molecule has 13 nitrogen and oxygen atoms in total. The van der Waals surface area contributed by atoms with Gasteiger partial charge in [-0.2, -0.15) is 0 Å². The number of hydrogen-bond donors (Lipinski definition) is 9. The first-order valence-electron chi connectivity index (χ1n) is 19.1. The number of carbonyl (C=O) groups excluding carboxylic acids is 1. The maximum absolute atomic E-state index is 12.5. The molecule has 2 aliphatic heterocycles. The number of ether oxygens (including phenoxy) is 2. The third kappa shape index (κ3) is 18.1. The lowest BCUT2D eigenvalue weighted by atomic mass is 9.83. The van der Waals surface area contributed by atoms with E-state index in [2.05, 4.69) is 0 Å². The summed E-state index contributed by atoms with van der Waals surface area (Å²) in [4.78, 5) is 24.5. The molecule has 0 aromatic heterocycles. The Morgan fingerprint density at radius 1 is 0.722 bits per heavy atom. The maximum atomic E-state index is 12.5. The summed E-state index contributed by atoms with van der Waals surface area (Å²) in [7, 11) is 0. The lowest BCUT2D eigenvalue weighted by Gasteiger charge is -2.44. The molecular formula is C41H64O13. The third-order valence-electron chi connectivity index (χ3n) is 9.91. The lowest BCUT2D eigenvalue weighted by Crippen LogP contribution is -2.56. The zero-order chi connectivity index (χ0) is 40.3.